The molecular formula is C10H21Li. The number of hydrogen-bond donors (Lipinski definition) is 0. The van der Waals surface area contributed by atoms with E-state index < -0.39 is 0 Å². The third-order valence-corrected chi connectivity index (χ3v) is 1.91. The maximum absolute atomic E-state index is 2.12. The maximum atomic E-state index is 2.12. The molecule has 0 aromatic heterocycles. The maximum Gasteiger partial charge on any atom is 1.00 e. The second kappa shape index (κ2) is 13.2. The topological polar surface area (TPSA) is 0 Å². The summed E-state index contributed by atoms with van der Waals surface area (Å²) in [5.74, 6) is 0. The molecule has 0 heterocycles. The first kappa shape index (κ1) is 14.1. The van der Waals surface area contributed by atoms with Crippen molar-refractivity contribution in [2.24, 2.45) is 0 Å². The first-order valence-corrected chi connectivity index (χ1v) is 4.69. The van der Waals surface area contributed by atoms with E-state index in [0.717, 1.165) is 0 Å². The summed E-state index contributed by atoms with van der Waals surface area (Å²) in [5.41, 5.74) is 0. The largest absolute Gasteiger partial charge is 1.00 e. The summed E-state index contributed by atoms with van der Waals surface area (Å²) in [6.07, 6.45) is 12.3. The van der Waals surface area contributed by atoms with Crippen molar-refractivity contribution in [2.75, 3.05) is 0 Å². The van der Waals surface area contributed by atoms with Crippen LogP contribution in [0.2, 0.25) is 0 Å². The molecule has 0 bridgehead atoms. The fraction of sp³-hybridized carbons (Fsp3) is 0.900. The quantitative estimate of drug-likeness (QED) is 0.384. The minimum atomic E-state index is 0. The fourth-order valence-corrected chi connectivity index (χ4v) is 1.06. The van der Waals surface area contributed by atoms with E-state index in [1.807, 2.05) is 0 Å². The molecule has 62 valence electrons. The van der Waals surface area contributed by atoms with Crippen molar-refractivity contribution >= 4 is 0 Å². The van der Waals surface area contributed by atoms with Gasteiger partial charge in [0, 0.05) is 0 Å². The van der Waals surface area contributed by atoms with Gasteiger partial charge in [0.25, 0.3) is 0 Å². The zero-order chi connectivity index (χ0) is 7.66. The summed E-state index contributed by atoms with van der Waals surface area (Å²) in [4.78, 5) is 0. The van der Waals surface area contributed by atoms with Crippen LogP contribution in [-0.2, 0) is 0 Å². The van der Waals surface area contributed by atoms with Crippen molar-refractivity contribution in [3.05, 3.63) is 6.42 Å². The molecule has 1 aliphatic rings. The molecule has 0 N–H and O–H groups in total. The van der Waals surface area contributed by atoms with E-state index in [1.165, 1.54) is 44.9 Å². The Morgan fingerprint density at radius 3 is 1.18 bits per heavy atom. The Labute approximate surface area is 84.3 Å². The normalized spacial score (nSPS) is 15.8. The van der Waals surface area contributed by atoms with Crippen LogP contribution in [0.25, 0.3) is 0 Å². The van der Waals surface area contributed by atoms with E-state index in [1.54, 1.807) is 0 Å². The van der Waals surface area contributed by atoms with Crippen LogP contribution in [0, 0.1) is 6.42 Å². The molecule has 0 radical (unpaired) electrons. The Hall–Kier alpha value is 0.597. The van der Waals surface area contributed by atoms with Crippen molar-refractivity contribution in [3.63, 3.8) is 0 Å². The molecule has 1 rings (SSSR count). The van der Waals surface area contributed by atoms with Crippen molar-refractivity contribution in [2.45, 2.75) is 58.8 Å². The van der Waals surface area contributed by atoms with E-state index in [-0.39, 0.29) is 18.9 Å². The van der Waals surface area contributed by atoms with E-state index in [9.17, 15) is 0 Å². The average molecular weight is 148 g/mol. The van der Waals surface area contributed by atoms with Gasteiger partial charge in [-0.15, -0.1) is 0 Å². The van der Waals surface area contributed by atoms with Crippen LogP contribution in [0.3, 0.4) is 0 Å². The van der Waals surface area contributed by atoms with Crippen LogP contribution in [0.5, 0.6) is 0 Å². The molecule has 0 unspecified atom stereocenters. The Morgan fingerprint density at radius 2 is 1.09 bits per heavy atom. The molecular weight excluding hydrogens is 127 g/mol. The number of rotatable bonds is 1. The Balaban J connectivity index is 0. The summed E-state index contributed by atoms with van der Waals surface area (Å²) in [7, 11) is 0. The van der Waals surface area contributed by atoms with Crippen LogP contribution in [0.4, 0.5) is 0 Å². The SMILES string of the molecule is C1CCCCC1.C[CH-]CC.[Li+]. The number of unbranched alkanes of at least 4 members (excludes halogenated alkanes) is 1. The van der Waals surface area contributed by atoms with Crippen molar-refractivity contribution < 1.29 is 18.9 Å². The number of hydrogen-bond acceptors (Lipinski definition) is 0. The van der Waals surface area contributed by atoms with Crippen LogP contribution < -0.4 is 18.9 Å². The molecule has 1 saturated carbocycles. The minimum Gasteiger partial charge on any atom is -0.332 e. The van der Waals surface area contributed by atoms with Gasteiger partial charge in [-0.25, -0.2) is 0 Å². The second-order valence-electron chi connectivity index (χ2n) is 2.94. The van der Waals surface area contributed by atoms with Gasteiger partial charge in [0.2, 0.25) is 0 Å². The Kier molecular flexibility index (Phi) is 17.0. The van der Waals surface area contributed by atoms with E-state index >= 15 is 0 Å². The van der Waals surface area contributed by atoms with Crippen LogP contribution >= 0.6 is 0 Å². The molecule has 0 aliphatic heterocycles. The van der Waals surface area contributed by atoms with E-state index in [0.29, 0.717) is 0 Å². The molecule has 1 fully saturated rings. The van der Waals surface area contributed by atoms with Gasteiger partial charge in [-0.2, -0.15) is 13.3 Å². The summed E-state index contributed by atoms with van der Waals surface area (Å²) in [6.45, 7) is 4.18. The van der Waals surface area contributed by atoms with Gasteiger partial charge in [0.15, 0.2) is 0 Å². The standard InChI is InChI=1S/C6H12.C4H9.Li/c1-2-4-6-5-3-1;1-3-4-2;/h1-6H2;3H,4H2,1-2H3;/q;-1;+1. The molecule has 0 amide bonds. The van der Waals surface area contributed by atoms with E-state index in [4.69, 9.17) is 0 Å². The van der Waals surface area contributed by atoms with E-state index in [2.05, 4.69) is 20.3 Å². The van der Waals surface area contributed by atoms with Gasteiger partial charge in [-0.3, -0.25) is 0 Å². The van der Waals surface area contributed by atoms with Crippen LogP contribution in [-0.4, -0.2) is 0 Å². The molecule has 0 nitrogen and oxygen atoms in total. The molecule has 11 heavy (non-hydrogen) atoms. The predicted molar refractivity (Wildman–Crippen MR) is 48.0 cm³/mol. The zero-order valence-corrected chi connectivity index (χ0v) is 8.53. The molecule has 0 aromatic rings. The van der Waals surface area contributed by atoms with Gasteiger partial charge in [-0.1, -0.05) is 45.4 Å². The third kappa shape index (κ3) is 13.6. The van der Waals surface area contributed by atoms with Gasteiger partial charge < -0.3 is 6.42 Å². The van der Waals surface area contributed by atoms with Gasteiger partial charge in [0.05, 0.1) is 0 Å². The summed E-state index contributed by atoms with van der Waals surface area (Å²) >= 11 is 0. The van der Waals surface area contributed by atoms with Crippen molar-refractivity contribution in [1.29, 1.82) is 0 Å². The van der Waals surface area contributed by atoms with Crippen LogP contribution in [0.15, 0.2) is 0 Å². The van der Waals surface area contributed by atoms with Gasteiger partial charge >= 0.3 is 18.9 Å². The average Bonchev–Trinajstić information content (AvgIpc) is 2.08. The Bertz CT molecular complexity index is 35.3. The fourth-order valence-electron chi connectivity index (χ4n) is 1.06. The van der Waals surface area contributed by atoms with Crippen molar-refractivity contribution in [3.8, 4) is 0 Å². The van der Waals surface area contributed by atoms with Gasteiger partial charge in [0.1, 0.15) is 0 Å². The summed E-state index contributed by atoms with van der Waals surface area (Å²) < 4.78 is 0. The molecule has 1 aliphatic carbocycles. The van der Waals surface area contributed by atoms with Crippen molar-refractivity contribution in [1.82, 2.24) is 0 Å². The third-order valence-electron chi connectivity index (χ3n) is 1.91. The molecule has 1 heteroatoms. The Morgan fingerprint density at radius 1 is 0.909 bits per heavy atom. The predicted octanol–water partition coefficient (Wildman–Crippen LogP) is 0.965. The minimum absolute atomic E-state index is 0. The smallest absolute Gasteiger partial charge is 0.332 e. The molecule has 0 saturated heterocycles. The van der Waals surface area contributed by atoms with Crippen LogP contribution in [0.1, 0.15) is 58.8 Å². The molecule has 0 spiro atoms. The first-order chi connectivity index (χ1) is 4.91. The second-order valence-corrected chi connectivity index (χ2v) is 2.94. The summed E-state index contributed by atoms with van der Waals surface area (Å²) in [5, 5.41) is 0. The molecule has 0 atom stereocenters. The monoisotopic (exact) mass is 148 g/mol. The first-order valence-electron chi connectivity index (χ1n) is 4.69. The van der Waals surface area contributed by atoms with Gasteiger partial charge in [-0.05, 0) is 0 Å². The molecule has 0 aromatic carbocycles. The summed E-state index contributed by atoms with van der Waals surface area (Å²) in [6, 6.07) is 0. The zero-order valence-electron chi connectivity index (χ0n) is 8.53.